The van der Waals surface area contributed by atoms with Gasteiger partial charge in [-0.3, -0.25) is 4.79 Å². The quantitative estimate of drug-likeness (QED) is 0.738. The minimum atomic E-state index is 0.0354. The Morgan fingerprint density at radius 1 is 1.00 bits per heavy atom. The number of nitrogens with zero attached hydrogens (tertiary/aromatic N) is 1. The Balaban J connectivity index is 2.55. The molecule has 0 bridgehead atoms. The number of rotatable bonds is 8. The molecule has 0 N–H and O–H groups in total. The maximum atomic E-state index is 12.3. The Bertz CT molecular complexity index is 416. The molecule has 0 saturated heterocycles. The van der Waals surface area contributed by atoms with E-state index in [9.17, 15) is 4.79 Å². The van der Waals surface area contributed by atoms with Crippen LogP contribution in [0.15, 0.2) is 24.3 Å². The van der Waals surface area contributed by atoms with Gasteiger partial charge in [0.05, 0.1) is 7.11 Å². The molecule has 0 unspecified atom stereocenters. The number of hydrogen-bond donors (Lipinski definition) is 0. The van der Waals surface area contributed by atoms with Gasteiger partial charge >= 0.3 is 0 Å². The van der Waals surface area contributed by atoms with Crippen LogP contribution in [-0.4, -0.2) is 37.6 Å². The molecule has 0 spiro atoms. The molecule has 0 aliphatic carbocycles. The van der Waals surface area contributed by atoms with Crippen LogP contribution < -0.4 is 9.47 Å². The lowest BCUT2D eigenvalue weighted by Crippen LogP contribution is -2.39. The van der Waals surface area contributed by atoms with Crippen molar-refractivity contribution in [3.63, 3.8) is 0 Å². The van der Waals surface area contributed by atoms with E-state index in [1.807, 2.05) is 17.0 Å². The van der Waals surface area contributed by atoms with Crippen LogP contribution in [0.1, 0.15) is 27.7 Å². The van der Waals surface area contributed by atoms with Crippen molar-refractivity contribution in [3.8, 4) is 11.5 Å². The van der Waals surface area contributed by atoms with Crippen molar-refractivity contribution in [1.29, 1.82) is 0 Å². The minimum Gasteiger partial charge on any atom is -0.497 e. The fraction of sp³-hybridized carbons (Fsp3) is 0.588. The van der Waals surface area contributed by atoms with E-state index in [0.29, 0.717) is 17.6 Å². The predicted octanol–water partition coefficient (Wildman–Crippen LogP) is 3.21. The number of hydrogen-bond acceptors (Lipinski definition) is 3. The first-order valence-corrected chi connectivity index (χ1v) is 7.47. The second-order valence-corrected chi connectivity index (χ2v) is 6.05. The van der Waals surface area contributed by atoms with E-state index in [4.69, 9.17) is 9.47 Å². The molecule has 4 nitrogen and oxygen atoms in total. The van der Waals surface area contributed by atoms with Gasteiger partial charge in [-0.1, -0.05) is 27.7 Å². The first-order valence-electron chi connectivity index (χ1n) is 7.47. The Hall–Kier alpha value is -1.71. The molecule has 118 valence electrons. The Labute approximate surface area is 128 Å². The summed E-state index contributed by atoms with van der Waals surface area (Å²) in [4.78, 5) is 14.2. The number of ether oxygens (including phenoxy) is 2. The highest BCUT2D eigenvalue weighted by molar-refractivity contribution is 5.77. The fourth-order valence-corrected chi connectivity index (χ4v) is 2.07. The lowest BCUT2D eigenvalue weighted by molar-refractivity contribution is -0.134. The van der Waals surface area contributed by atoms with Crippen molar-refractivity contribution >= 4 is 5.91 Å². The molecule has 4 heteroatoms. The Morgan fingerprint density at radius 3 is 1.90 bits per heavy atom. The van der Waals surface area contributed by atoms with Crippen LogP contribution in [0, 0.1) is 11.8 Å². The number of methoxy groups -OCH3 is 1. The molecule has 0 atom stereocenters. The molecule has 21 heavy (non-hydrogen) atoms. The van der Waals surface area contributed by atoms with E-state index >= 15 is 0 Å². The van der Waals surface area contributed by atoms with Crippen molar-refractivity contribution in [1.82, 2.24) is 4.90 Å². The highest BCUT2D eigenvalue weighted by Gasteiger charge is 2.16. The zero-order valence-electron chi connectivity index (χ0n) is 13.8. The van der Waals surface area contributed by atoms with Crippen LogP contribution in [0.5, 0.6) is 11.5 Å². The van der Waals surface area contributed by atoms with E-state index in [0.717, 1.165) is 18.8 Å². The molecule has 0 saturated carbocycles. The molecule has 1 aromatic rings. The molecular weight excluding hydrogens is 266 g/mol. The second-order valence-electron chi connectivity index (χ2n) is 6.05. The lowest BCUT2D eigenvalue weighted by atomic mass is 10.1. The summed E-state index contributed by atoms with van der Waals surface area (Å²) in [7, 11) is 1.62. The highest BCUT2D eigenvalue weighted by atomic mass is 16.5. The highest BCUT2D eigenvalue weighted by Crippen LogP contribution is 2.17. The summed E-state index contributed by atoms with van der Waals surface area (Å²) in [5, 5.41) is 0. The van der Waals surface area contributed by atoms with Crippen molar-refractivity contribution in [2.45, 2.75) is 27.7 Å². The van der Waals surface area contributed by atoms with Gasteiger partial charge in [0.1, 0.15) is 11.5 Å². The van der Waals surface area contributed by atoms with Crippen molar-refractivity contribution in [2.75, 3.05) is 26.8 Å². The third kappa shape index (κ3) is 6.52. The van der Waals surface area contributed by atoms with Gasteiger partial charge in [0.25, 0.3) is 5.91 Å². The normalized spacial score (nSPS) is 10.8. The van der Waals surface area contributed by atoms with Gasteiger partial charge in [-0.25, -0.2) is 0 Å². The summed E-state index contributed by atoms with van der Waals surface area (Å²) >= 11 is 0. The number of benzene rings is 1. The summed E-state index contributed by atoms with van der Waals surface area (Å²) < 4.78 is 10.7. The fourth-order valence-electron chi connectivity index (χ4n) is 2.07. The molecule has 0 radical (unpaired) electrons. The minimum absolute atomic E-state index is 0.0354. The van der Waals surface area contributed by atoms with Crippen molar-refractivity contribution in [3.05, 3.63) is 24.3 Å². The van der Waals surface area contributed by atoms with Crippen molar-refractivity contribution < 1.29 is 14.3 Å². The molecule has 0 aliphatic heterocycles. The smallest absolute Gasteiger partial charge is 0.260 e. The average Bonchev–Trinajstić information content (AvgIpc) is 2.43. The molecule has 0 fully saturated rings. The molecule has 0 aromatic heterocycles. The summed E-state index contributed by atoms with van der Waals surface area (Å²) in [6.07, 6.45) is 0. The van der Waals surface area contributed by atoms with E-state index in [1.165, 1.54) is 0 Å². The summed E-state index contributed by atoms with van der Waals surface area (Å²) in [5.74, 6) is 2.39. The monoisotopic (exact) mass is 293 g/mol. The molecular formula is C17H27NO3. The average molecular weight is 293 g/mol. The van der Waals surface area contributed by atoms with Crippen LogP contribution in [0.25, 0.3) is 0 Å². The molecule has 0 aliphatic rings. The van der Waals surface area contributed by atoms with Gasteiger partial charge in [-0.2, -0.15) is 0 Å². The lowest BCUT2D eigenvalue weighted by Gasteiger charge is -2.26. The van der Waals surface area contributed by atoms with E-state index in [-0.39, 0.29) is 12.5 Å². The largest absolute Gasteiger partial charge is 0.497 e. The van der Waals surface area contributed by atoms with E-state index in [1.54, 1.807) is 19.2 Å². The van der Waals surface area contributed by atoms with Crippen LogP contribution in [-0.2, 0) is 4.79 Å². The van der Waals surface area contributed by atoms with Crippen molar-refractivity contribution in [2.24, 2.45) is 11.8 Å². The van der Waals surface area contributed by atoms with Crippen LogP contribution in [0.3, 0.4) is 0 Å². The summed E-state index contributed by atoms with van der Waals surface area (Å²) in [6.45, 7) is 10.1. The Morgan fingerprint density at radius 2 is 1.48 bits per heavy atom. The standard InChI is InChI=1S/C17H27NO3/c1-13(2)10-18(11-14(3)4)17(19)12-21-16-8-6-15(20-5)7-9-16/h6-9,13-14H,10-12H2,1-5H3. The zero-order chi connectivity index (χ0) is 15.8. The number of amides is 1. The SMILES string of the molecule is COc1ccc(OCC(=O)N(CC(C)C)CC(C)C)cc1. The van der Waals surface area contributed by atoms with Gasteiger partial charge < -0.3 is 14.4 Å². The molecule has 1 amide bonds. The van der Waals surface area contributed by atoms with E-state index in [2.05, 4.69) is 27.7 Å². The number of carbonyl (C=O) groups excluding carboxylic acids is 1. The predicted molar refractivity (Wildman–Crippen MR) is 84.7 cm³/mol. The third-order valence-electron chi connectivity index (χ3n) is 2.95. The van der Waals surface area contributed by atoms with Gasteiger partial charge in [-0.05, 0) is 36.1 Å². The van der Waals surface area contributed by atoms with Gasteiger partial charge in [0, 0.05) is 13.1 Å². The Kier molecular flexibility index (Phi) is 7.06. The van der Waals surface area contributed by atoms with E-state index < -0.39 is 0 Å². The van der Waals surface area contributed by atoms with Crippen LogP contribution in [0.2, 0.25) is 0 Å². The number of carbonyl (C=O) groups is 1. The summed E-state index contributed by atoms with van der Waals surface area (Å²) in [5.41, 5.74) is 0. The maximum Gasteiger partial charge on any atom is 0.260 e. The molecule has 1 aromatic carbocycles. The maximum absolute atomic E-state index is 12.3. The molecule has 0 heterocycles. The van der Waals surface area contributed by atoms with Gasteiger partial charge in [-0.15, -0.1) is 0 Å². The van der Waals surface area contributed by atoms with Crippen LogP contribution in [0.4, 0.5) is 0 Å². The summed E-state index contributed by atoms with van der Waals surface area (Å²) in [6, 6.07) is 7.25. The third-order valence-corrected chi connectivity index (χ3v) is 2.95. The molecule has 1 rings (SSSR count). The van der Waals surface area contributed by atoms with Gasteiger partial charge in [0.15, 0.2) is 6.61 Å². The second kappa shape index (κ2) is 8.55. The first kappa shape index (κ1) is 17.3. The topological polar surface area (TPSA) is 38.8 Å². The van der Waals surface area contributed by atoms with Gasteiger partial charge in [0.2, 0.25) is 0 Å². The van der Waals surface area contributed by atoms with Crippen LogP contribution >= 0.6 is 0 Å². The zero-order valence-corrected chi connectivity index (χ0v) is 13.8. The first-order chi connectivity index (χ1) is 9.92.